The zero-order chi connectivity index (χ0) is 9.10. The molecule has 2 rings (SSSR count). The van der Waals surface area contributed by atoms with Crippen molar-refractivity contribution in [2.24, 2.45) is 0 Å². The van der Waals surface area contributed by atoms with E-state index in [1.807, 2.05) is 0 Å². The molecular weight excluding hydrogens is 407 g/mol. The summed E-state index contributed by atoms with van der Waals surface area (Å²) in [7, 11) is 0. The summed E-state index contributed by atoms with van der Waals surface area (Å²) in [6.07, 6.45) is 3.81. The molecule has 16 heavy (non-hydrogen) atoms. The van der Waals surface area contributed by atoms with Crippen LogP contribution < -0.4 is 34.0 Å². The van der Waals surface area contributed by atoms with Crippen LogP contribution in [0.2, 0.25) is 0 Å². The van der Waals surface area contributed by atoms with Crippen molar-refractivity contribution in [2.45, 2.75) is 26.2 Å². The van der Waals surface area contributed by atoms with Crippen molar-refractivity contribution in [2.75, 3.05) is 0 Å². The third-order valence-corrected chi connectivity index (χ3v) is 2.50. The molecule has 0 aliphatic rings. The summed E-state index contributed by atoms with van der Waals surface area (Å²) in [6, 6.07) is 13.2. The molecule has 0 bridgehead atoms. The minimum absolute atomic E-state index is 0. The molecule has 0 aliphatic carbocycles. The molecular formula is C13H15Br2Zr. The van der Waals surface area contributed by atoms with Crippen LogP contribution in [0.5, 0.6) is 0 Å². The maximum Gasteiger partial charge on any atom is 3.00 e. The minimum Gasteiger partial charge on any atom is -1.00 e. The molecule has 0 heterocycles. The topological polar surface area (TPSA) is 0 Å². The number of unbranched alkanes of at least 4 members (excludes halogenated alkanes) is 1. The van der Waals surface area contributed by atoms with Crippen molar-refractivity contribution in [3.63, 3.8) is 0 Å². The van der Waals surface area contributed by atoms with Crippen molar-refractivity contribution in [1.29, 1.82) is 0 Å². The van der Waals surface area contributed by atoms with E-state index in [-0.39, 0.29) is 60.2 Å². The van der Waals surface area contributed by atoms with E-state index in [9.17, 15) is 0 Å². The van der Waals surface area contributed by atoms with Crippen LogP contribution in [-0.2, 0) is 32.6 Å². The number of hydrogen-bond acceptors (Lipinski definition) is 0. The summed E-state index contributed by atoms with van der Waals surface area (Å²) < 4.78 is 0. The first-order chi connectivity index (χ1) is 6.40. The van der Waals surface area contributed by atoms with E-state index in [2.05, 4.69) is 43.3 Å². The molecule has 0 spiro atoms. The van der Waals surface area contributed by atoms with Gasteiger partial charge in [0.15, 0.2) is 0 Å². The van der Waals surface area contributed by atoms with Gasteiger partial charge in [-0.15, -0.1) is 40.6 Å². The Labute approximate surface area is 138 Å². The third kappa shape index (κ3) is 4.89. The van der Waals surface area contributed by atoms with Gasteiger partial charge in [-0.2, -0.15) is 6.07 Å². The second-order valence-electron chi connectivity index (χ2n) is 3.60. The van der Waals surface area contributed by atoms with Crippen LogP contribution in [0.25, 0.3) is 10.8 Å². The summed E-state index contributed by atoms with van der Waals surface area (Å²) >= 11 is 0. The molecule has 85 valence electrons. The summed E-state index contributed by atoms with van der Waals surface area (Å²) in [5, 5.41) is 2.77. The van der Waals surface area contributed by atoms with Crippen molar-refractivity contribution in [1.82, 2.24) is 0 Å². The van der Waals surface area contributed by atoms with Crippen molar-refractivity contribution in [3.8, 4) is 0 Å². The number of fused-ring (bicyclic) bond motifs is 1. The fraction of sp³-hybridized carbons (Fsp3) is 0.308. The Kier molecular flexibility index (Phi) is 11.5. The Morgan fingerprint density at radius 3 is 2.44 bits per heavy atom. The maximum absolute atomic E-state index is 2.31. The molecule has 0 nitrogen and oxygen atoms in total. The first-order valence-corrected chi connectivity index (χ1v) is 5.04. The van der Waals surface area contributed by atoms with Crippen LogP contribution >= 0.6 is 0 Å². The smallest absolute Gasteiger partial charge is 1.00 e. The number of halogens is 2. The summed E-state index contributed by atoms with van der Waals surface area (Å²) in [5.41, 5.74) is 1.49. The van der Waals surface area contributed by atoms with E-state index in [4.69, 9.17) is 0 Å². The van der Waals surface area contributed by atoms with Gasteiger partial charge in [-0.05, 0) is 6.42 Å². The fourth-order valence-electron chi connectivity index (χ4n) is 1.74. The van der Waals surface area contributed by atoms with Gasteiger partial charge in [-0.1, -0.05) is 25.8 Å². The van der Waals surface area contributed by atoms with E-state index in [0.29, 0.717) is 0 Å². The summed E-state index contributed by atoms with van der Waals surface area (Å²) in [5.74, 6) is 0. The van der Waals surface area contributed by atoms with Crippen LogP contribution in [0.4, 0.5) is 0 Å². The third-order valence-electron chi connectivity index (χ3n) is 2.50. The number of aryl methyl sites for hydroxylation is 1. The summed E-state index contributed by atoms with van der Waals surface area (Å²) in [4.78, 5) is 0. The van der Waals surface area contributed by atoms with E-state index in [0.717, 1.165) is 0 Å². The van der Waals surface area contributed by atoms with Gasteiger partial charge in [0.2, 0.25) is 0 Å². The quantitative estimate of drug-likeness (QED) is 0.498. The molecule has 0 atom stereocenters. The van der Waals surface area contributed by atoms with Crippen LogP contribution in [-0.4, -0.2) is 0 Å². The Morgan fingerprint density at radius 1 is 1.12 bits per heavy atom. The van der Waals surface area contributed by atoms with Gasteiger partial charge >= 0.3 is 26.2 Å². The molecule has 0 saturated carbocycles. The van der Waals surface area contributed by atoms with E-state index in [1.165, 1.54) is 35.6 Å². The second kappa shape index (κ2) is 9.68. The number of hydrogen-bond donors (Lipinski definition) is 0. The first-order valence-electron chi connectivity index (χ1n) is 5.04. The average molecular weight is 422 g/mol. The molecule has 2 aromatic carbocycles. The monoisotopic (exact) mass is 419 g/mol. The van der Waals surface area contributed by atoms with Crippen LogP contribution in [0, 0.1) is 0 Å². The van der Waals surface area contributed by atoms with Gasteiger partial charge in [0, 0.05) is 0 Å². The van der Waals surface area contributed by atoms with Gasteiger partial charge in [0.05, 0.1) is 0 Å². The molecule has 2 aromatic rings. The first kappa shape index (κ1) is 19.0. The Balaban J connectivity index is 0. The fourth-order valence-corrected chi connectivity index (χ4v) is 1.74. The number of benzene rings is 1. The number of rotatable bonds is 3. The van der Waals surface area contributed by atoms with Crippen molar-refractivity contribution >= 4 is 10.8 Å². The molecule has 0 unspecified atom stereocenters. The van der Waals surface area contributed by atoms with Crippen molar-refractivity contribution in [3.05, 3.63) is 42.0 Å². The molecule has 0 amide bonds. The van der Waals surface area contributed by atoms with Gasteiger partial charge < -0.3 is 34.0 Å². The van der Waals surface area contributed by atoms with Gasteiger partial charge in [-0.3, -0.25) is 0 Å². The van der Waals surface area contributed by atoms with Gasteiger partial charge in [0.25, 0.3) is 0 Å². The maximum atomic E-state index is 2.31. The molecule has 0 aromatic heterocycles. The predicted molar refractivity (Wildman–Crippen MR) is 58.2 cm³/mol. The van der Waals surface area contributed by atoms with Crippen LogP contribution in [0.1, 0.15) is 25.3 Å². The van der Waals surface area contributed by atoms with Crippen LogP contribution in [0.15, 0.2) is 36.4 Å². The van der Waals surface area contributed by atoms with Gasteiger partial charge in [0.1, 0.15) is 0 Å². The summed E-state index contributed by atoms with van der Waals surface area (Å²) in [6.45, 7) is 2.24. The molecule has 1 radical (unpaired) electrons. The predicted octanol–water partition coefficient (Wildman–Crippen LogP) is -2.09. The Hall–Kier alpha value is 0.673. The van der Waals surface area contributed by atoms with Crippen LogP contribution in [0.3, 0.4) is 0 Å². The largest absolute Gasteiger partial charge is 3.00 e. The molecule has 0 fully saturated rings. The minimum atomic E-state index is 0. The SMILES string of the molecule is CCCCc1cc2ccccc2[cH-]1.[Br-].[Br-].[Zr+3]. The molecule has 0 saturated heterocycles. The van der Waals surface area contributed by atoms with Gasteiger partial charge in [-0.25, -0.2) is 0 Å². The molecule has 0 aliphatic heterocycles. The average Bonchev–Trinajstić information content (AvgIpc) is 2.57. The zero-order valence-corrected chi connectivity index (χ0v) is 15.0. The standard InChI is InChI=1S/C13H15.2BrH.Zr/c1-2-3-6-11-9-12-7-4-5-8-13(12)10-11;;;/h4-5,7-10H,2-3,6H2,1H3;2*1H;/q-1;;;+3/p-2. The molecule has 3 heteroatoms. The zero-order valence-electron chi connectivity index (χ0n) is 9.34. The van der Waals surface area contributed by atoms with Crippen molar-refractivity contribution < 1.29 is 60.2 Å². The Bertz CT molecular complexity index is 362. The molecule has 0 N–H and O–H groups in total. The normalized spacial score (nSPS) is 8.81. The van der Waals surface area contributed by atoms with E-state index < -0.39 is 0 Å². The van der Waals surface area contributed by atoms with E-state index >= 15 is 0 Å². The van der Waals surface area contributed by atoms with E-state index in [1.54, 1.807) is 0 Å². The second-order valence-corrected chi connectivity index (χ2v) is 3.60. The Morgan fingerprint density at radius 2 is 1.81 bits per heavy atom.